The number of anilines is 3. The molecule has 38 heavy (non-hydrogen) atoms. The maximum atomic E-state index is 13.2. The quantitative estimate of drug-likeness (QED) is 0.342. The van der Waals surface area contributed by atoms with E-state index in [1.54, 1.807) is 41.3 Å². The maximum absolute atomic E-state index is 13.2. The molecule has 0 saturated heterocycles. The van der Waals surface area contributed by atoms with E-state index < -0.39 is 5.97 Å². The van der Waals surface area contributed by atoms with Crippen LogP contribution in [-0.4, -0.2) is 55.0 Å². The summed E-state index contributed by atoms with van der Waals surface area (Å²) in [6, 6.07) is 19.7. The highest BCUT2D eigenvalue weighted by Crippen LogP contribution is 2.39. The third kappa shape index (κ3) is 6.22. The van der Waals surface area contributed by atoms with E-state index in [0.29, 0.717) is 50.9 Å². The van der Waals surface area contributed by atoms with Crippen molar-refractivity contribution in [3.63, 3.8) is 0 Å². The van der Waals surface area contributed by atoms with Crippen molar-refractivity contribution in [2.75, 3.05) is 42.7 Å². The molecule has 0 saturated carbocycles. The van der Waals surface area contributed by atoms with Crippen LogP contribution in [0.4, 0.5) is 17.1 Å². The molecule has 3 N–H and O–H groups in total. The zero-order valence-corrected chi connectivity index (χ0v) is 22.2. The number of carbonyl (C=O) groups excluding carboxylic acids is 2. The van der Waals surface area contributed by atoms with Crippen LogP contribution in [0.5, 0.6) is 0 Å². The molecule has 0 fully saturated rings. The van der Waals surface area contributed by atoms with Crippen molar-refractivity contribution in [1.82, 2.24) is 4.90 Å². The van der Waals surface area contributed by atoms with Gasteiger partial charge in [-0.05, 0) is 67.7 Å². The van der Waals surface area contributed by atoms with Crippen molar-refractivity contribution in [2.45, 2.75) is 13.3 Å². The number of carbonyl (C=O) groups is 3. The van der Waals surface area contributed by atoms with Crippen LogP contribution in [0.1, 0.15) is 23.6 Å². The average Bonchev–Trinajstić information content (AvgIpc) is 3.17. The molecular weight excluding hydrogens is 504 g/mol. The maximum Gasteiger partial charge on any atom is 0.307 e. The van der Waals surface area contributed by atoms with E-state index in [-0.39, 0.29) is 18.2 Å². The molecule has 1 aliphatic heterocycles. The number of carboxylic acids is 1. The first kappa shape index (κ1) is 26.9. The topological polar surface area (TPSA) is 102 Å². The van der Waals surface area contributed by atoms with Crippen LogP contribution in [0.2, 0.25) is 5.02 Å². The first-order valence-electron chi connectivity index (χ1n) is 12.1. The summed E-state index contributed by atoms with van der Waals surface area (Å²) in [4.78, 5) is 40.5. The Labute approximate surface area is 226 Å². The summed E-state index contributed by atoms with van der Waals surface area (Å²) in [5.41, 5.74) is 4.98. The van der Waals surface area contributed by atoms with Crippen molar-refractivity contribution in [3.05, 3.63) is 88.4 Å². The Hall–Kier alpha value is -4.14. The van der Waals surface area contributed by atoms with Crippen molar-refractivity contribution in [2.24, 2.45) is 0 Å². The minimum atomic E-state index is -0.942. The number of hydrogen-bond donors (Lipinski definition) is 3. The molecule has 4 rings (SSSR count). The minimum absolute atomic E-state index is 0.0523. The summed E-state index contributed by atoms with van der Waals surface area (Å²) in [6.07, 6.45) is -0.141. The lowest BCUT2D eigenvalue weighted by atomic mass is 9.98. The number of nitrogens with one attached hydrogen (secondary N) is 2. The summed E-state index contributed by atoms with van der Waals surface area (Å²) in [7, 11) is 3.91. The van der Waals surface area contributed by atoms with E-state index in [9.17, 15) is 19.5 Å². The lowest BCUT2D eigenvalue weighted by Crippen LogP contribution is -2.35. The predicted octanol–water partition coefficient (Wildman–Crippen LogP) is 4.81. The van der Waals surface area contributed by atoms with Gasteiger partial charge in [0.15, 0.2) is 0 Å². The summed E-state index contributed by atoms with van der Waals surface area (Å²) in [5.74, 6) is -1.29. The summed E-state index contributed by atoms with van der Waals surface area (Å²) in [6.45, 7) is 2.82. The Bertz CT molecular complexity index is 1420. The molecule has 196 valence electrons. The van der Waals surface area contributed by atoms with Gasteiger partial charge in [-0.15, -0.1) is 0 Å². The van der Waals surface area contributed by atoms with E-state index in [1.165, 1.54) is 6.92 Å². The van der Waals surface area contributed by atoms with Gasteiger partial charge in [0.25, 0.3) is 5.91 Å². The van der Waals surface area contributed by atoms with Gasteiger partial charge in [-0.1, -0.05) is 35.9 Å². The zero-order chi connectivity index (χ0) is 27.4. The van der Waals surface area contributed by atoms with Gasteiger partial charge in [-0.2, -0.15) is 0 Å². The number of fused-ring (bicyclic) bond motifs is 1. The van der Waals surface area contributed by atoms with Crippen molar-refractivity contribution < 1.29 is 19.5 Å². The number of likely N-dealkylation sites (N-methyl/N-ethyl adjacent to an activating group) is 1. The Balaban J connectivity index is 1.75. The highest BCUT2D eigenvalue weighted by Gasteiger charge is 2.29. The number of halogens is 1. The number of aliphatic carboxylic acids is 1. The number of benzene rings is 3. The fraction of sp³-hybridized carbons (Fsp3) is 0.207. The molecule has 0 aliphatic carbocycles. The number of rotatable bonds is 9. The van der Waals surface area contributed by atoms with Crippen molar-refractivity contribution in [1.29, 1.82) is 0 Å². The molecule has 1 aliphatic rings. The number of nitrogens with zero attached hydrogens (tertiary/aromatic N) is 2. The van der Waals surface area contributed by atoms with Gasteiger partial charge >= 0.3 is 5.97 Å². The normalized spacial score (nSPS) is 13.7. The molecular formula is C29H29ClN4O4. The van der Waals surface area contributed by atoms with Gasteiger partial charge in [-0.25, -0.2) is 0 Å². The van der Waals surface area contributed by atoms with E-state index in [4.69, 9.17) is 11.6 Å². The van der Waals surface area contributed by atoms with Crippen LogP contribution < -0.4 is 15.5 Å². The third-order valence-corrected chi connectivity index (χ3v) is 6.38. The Kier molecular flexibility index (Phi) is 8.14. The second-order valence-corrected chi connectivity index (χ2v) is 9.75. The lowest BCUT2D eigenvalue weighted by Gasteiger charge is -2.23. The van der Waals surface area contributed by atoms with E-state index in [0.717, 1.165) is 12.2 Å². The third-order valence-electron chi connectivity index (χ3n) is 6.15. The van der Waals surface area contributed by atoms with Crippen molar-refractivity contribution >= 4 is 57.7 Å². The first-order chi connectivity index (χ1) is 18.1. The molecule has 9 heteroatoms. The van der Waals surface area contributed by atoms with Gasteiger partial charge in [0, 0.05) is 42.0 Å². The fourth-order valence-electron chi connectivity index (χ4n) is 4.32. The number of amides is 2. The van der Waals surface area contributed by atoms with Gasteiger partial charge < -0.3 is 25.5 Å². The summed E-state index contributed by atoms with van der Waals surface area (Å²) < 4.78 is 0. The SMILES string of the molecule is CC(=O)N(CCN(C)C)c1ccc(N/C(=C2\C(=O)Nc3cc(Cl)ccc32)c2cccc(CC(=O)O)c2)cc1. The van der Waals surface area contributed by atoms with Crippen LogP contribution in [0, 0.1) is 0 Å². The summed E-state index contributed by atoms with van der Waals surface area (Å²) >= 11 is 6.15. The Morgan fingerprint density at radius 2 is 1.74 bits per heavy atom. The highest BCUT2D eigenvalue weighted by molar-refractivity contribution is 6.38. The van der Waals surface area contributed by atoms with Crippen LogP contribution in [-0.2, 0) is 20.8 Å². The molecule has 0 radical (unpaired) electrons. The molecule has 3 aromatic carbocycles. The molecule has 0 spiro atoms. The van der Waals surface area contributed by atoms with E-state index in [1.807, 2.05) is 49.3 Å². The van der Waals surface area contributed by atoms with Gasteiger partial charge in [0.05, 0.1) is 23.4 Å². The smallest absolute Gasteiger partial charge is 0.307 e. The molecule has 0 bridgehead atoms. The van der Waals surface area contributed by atoms with Gasteiger partial charge in [0.1, 0.15) is 0 Å². The molecule has 0 atom stereocenters. The van der Waals surface area contributed by atoms with Gasteiger partial charge in [-0.3, -0.25) is 14.4 Å². The minimum Gasteiger partial charge on any atom is -0.481 e. The predicted molar refractivity (Wildman–Crippen MR) is 151 cm³/mol. The zero-order valence-electron chi connectivity index (χ0n) is 21.4. The highest BCUT2D eigenvalue weighted by atomic mass is 35.5. The molecule has 0 unspecified atom stereocenters. The van der Waals surface area contributed by atoms with Crippen LogP contribution >= 0.6 is 11.6 Å². The Morgan fingerprint density at radius 1 is 1.00 bits per heavy atom. The Morgan fingerprint density at radius 3 is 2.39 bits per heavy atom. The molecule has 2 amide bonds. The molecule has 0 aromatic heterocycles. The second kappa shape index (κ2) is 11.5. The largest absolute Gasteiger partial charge is 0.481 e. The van der Waals surface area contributed by atoms with E-state index in [2.05, 4.69) is 10.6 Å². The van der Waals surface area contributed by atoms with Crippen LogP contribution in [0.15, 0.2) is 66.7 Å². The van der Waals surface area contributed by atoms with Gasteiger partial charge in [0.2, 0.25) is 5.91 Å². The van der Waals surface area contributed by atoms with E-state index >= 15 is 0 Å². The average molecular weight is 533 g/mol. The summed E-state index contributed by atoms with van der Waals surface area (Å²) in [5, 5.41) is 16.0. The van der Waals surface area contributed by atoms with Crippen molar-refractivity contribution in [3.8, 4) is 0 Å². The standard InChI is InChI=1S/C29H29ClN4O4/c1-18(35)34(14-13-33(2)3)23-10-8-22(9-11-23)31-28(20-6-4-5-19(15-20)16-26(36)37)27-24-12-7-21(30)17-25(24)32-29(27)38/h4-12,15,17,31H,13-14,16H2,1-3H3,(H,32,38)(H,36,37)/b28-27-. The van der Waals surface area contributed by atoms with Crippen LogP contribution in [0.3, 0.4) is 0 Å². The fourth-order valence-corrected chi connectivity index (χ4v) is 4.49. The number of hydrogen-bond acceptors (Lipinski definition) is 5. The second-order valence-electron chi connectivity index (χ2n) is 9.31. The first-order valence-corrected chi connectivity index (χ1v) is 12.5. The number of carboxylic acid groups (broad SMARTS) is 1. The molecule has 3 aromatic rings. The lowest BCUT2D eigenvalue weighted by molar-refractivity contribution is -0.136. The molecule has 1 heterocycles. The molecule has 8 nitrogen and oxygen atoms in total. The van der Waals surface area contributed by atoms with Crippen LogP contribution in [0.25, 0.3) is 11.3 Å². The monoisotopic (exact) mass is 532 g/mol.